The van der Waals surface area contributed by atoms with Gasteiger partial charge in [-0.25, -0.2) is 4.39 Å². The number of carbonyl (C=O) groups is 1. The van der Waals surface area contributed by atoms with E-state index in [0.717, 1.165) is 56.3 Å². The molecule has 1 atom stereocenters. The average Bonchev–Trinajstić information content (AvgIpc) is 3.09. The maximum absolute atomic E-state index is 13.9. The maximum atomic E-state index is 13.9. The van der Waals surface area contributed by atoms with Gasteiger partial charge in [0.15, 0.2) is 0 Å². The van der Waals surface area contributed by atoms with E-state index < -0.39 is 0 Å². The molecule has 1 N–H and O–H groups in total. The summed E-state index contributed by atoms with van der Waals surface area (Å²) >= 11 is 0. The molecular weight excluding hydrogens is 351 g/mol. The molecule has 4 heteroatoms. The molecule has 2 aliphatic rings. The van der Waals surface area contributed by atoms with Crippen molar-refractivity contribution < 1.29 is 9.18 Å². The molecule has 28 heavy (non-hydrogen) atoms. The van der Waals surface area contributed by atoms with E-state index in [2.05, 4.69) is 25.4 Å². The maximum Gasteiger partial charge on any atom is 0.230 e. The zero-order valence-corrected chi connectivity index (χ0v) is 18.3. The zero-order valence-electron chi connectivity index (χ0n) is 18.3. The van der Waals surface area contributed by atoms with E-state index in [0.29, 0.717) is 6.54 Å². The Morgan fingerprint density at radius 2 is 1.89 bits per heavy atom. The van der Waals surface area contributed by atoms with Gasteiger partial charge in [-0.05, 0) is 63.0 Å². The predicted molar refractivity (Wildman–Crippen MR) is 118 cm³/mol. The lowest BCUT2D eigenvalue weighted by Crippen LogP contribution is -2.41. The number of benzene rings is 1. The van der Waals surface area contributed by atoms with Crippen molar-refractivity contribution in [3.8, 4) is 0 Å². The molecule has 3 nitrogen and oxygen atoms in total. The first-order valence-corrected chi connectivity index (χ1v) is 10.9. The van der Waals surface area contributed by atoms with Crippen LogP contribution < -0.4 is 10.2 Å². The number of hydrogen-bond acceptors (Lipinski definition) is 2. The Hall–Kier alpha value is -1.68. The highest BCUT2D eigenvalue weighted by Crippen LogP contribution is 2.46. The number of carbonyl (C=O) groups excluding carboxylic acids is 1. The van der Waals surface area contributed by atoms with Crippen LogP contribution in [0.25, 0.3) is 0 Å². The summed E-state index contributed by atoms with van der Waals surface area (Å²) in [6, 6.07) is 4.95. The van der Waals surface area contributed by atoms with Crippen LogP contribution in [0.3, 0.4) is 0 Å². The van der Waals surface area contributed by atoms with Crippen LogP contribution in [0.5, 0.6) is 0 Å². The van der Waals surface area contributed by atoms with Crippen molar-refractivity contribution in [1.82, 2.24) is 5.32 Å². The van der Waals surface area contributed by atoms with Gasteiger partial charge in [0.2, 0.25) is 5.91 Å². The van der Waals surface area contributed by atoms with Crippen LogP contribution in [0, 0.1) is 11.7 Å². The molecule has 0 radical (unpaired) electrons. The van der Waals surface area contributed by atoms with Crippen molar-refractivity contribution in [1.29, 1.82) is 0 Å². The van der Waals surface area contributed by atoms with Gasteiger partial charge in [0, 0.05) is 23.6 Å². The van der Waals surface area contributed by atoms with Crippen LogP contribution in [-0.2, 0) is 10.2 Å². The van der Waals surface area contributed by atoms with Crippen LogP contribution in [-0.4, -0.2) is 26.0 Å². The first kappa shape index (κ1) is 24.4. The third-order valence-electron chi connectivity index (χ3n) is 6.03. The number of hydrogen-bond donors (Lipinski definition) is 1. The molecule has 1 aromatic carbocycles. The average molecular weight is 391 g/mol. The Kier molecular flexibility index (Phi) is 10.4. The van der Waals surface area contributed by atoms with Gasteiger partial charge in [-0.3, -0.25) is 4.79 Å². The molecule has 1 saturated carbocycles. The highest BCUT2D eigenvalue weighted by Gasteiger charge is 2.44. The molecule has 3 rings (SSSR count). The Bertz CT molecular complexity index is 613. The number of anilines is 1. The third-order valence-corrected chi connectivity index (χ3v) is 6.03. The summed E-state index contributed by atoms with van der Waals surface area (Å²) in [7, 11) is 1.94. The van der Waals surface area contributed by atoms with Gasteiger partial charge in [-0.15, -0.1) is 13.2 Å². The minimum Gasteiger partial charge on any atom is -0.320 e. The van der Waals surface area contributed by atoms with E-state index in [1.165, 1.54) is 12.5 Å². The molecule has 0 aromatic heterocycles. The number of rotatable bonds is 5. The van der Waals surface area contributed by atoms with Gasteiger partial charge in [-0.2, -0.15) is 0 Å². The van der Waals surface area contributed by atoms with Crippen LogP contribution >= 0.6 is 0 Å². The van der Waals surface area contributed by atoms with E-state index in [1.54, 1.807) is 6.07 Å². The van der Waals surface area contributed by atoms with E-state index in [4.69, 9.17) is 0 Å². The minimum atomic E-state index is -0.206. The lowest BCUT2D eigenvalue weighted by Gasteiger charge is -2.31. The van der Waals surface area contributed by atoms with Crippen LogP contribution in [0.15, 0.2) is 31.4 Å². The van der Waals surface area contributed by atoms with Crippen molar-refractivity contribution in [2.24, 2.45) is 5.92 Å². The van der Waals surface area contributed by atoms with E-state index in [-0.39, 0.29) is 23.1 Å². The zero-order chi connectivity index (χ0) is 21.2. The van der Waals surface area contributed by atoms with Crippen LogP contribution in [0.4, 0.5) is 10.1 Å². The van der Waals surface area contributed by atoms with E-state index in [1.807, 2.05) is 31.9 Å². The second-order valence-electron chi connectivity index (χ2n) is 7.41. The van der Waals surface area contributed by atoms with Crippen molar-refractivity contribution in [3.05, 3.63) is 42.7 Å². The fourth-order valence-electron chi connectivity index (χ4n) is 4.47. The summed E-state index contributed by atoms with van der Waals surface area (Å²) in [4.78, 5) is 15.1. The van der Waals surface area contributed by atoms with Gasteiger partial charge in [-0.1, -0.05) is 40.0 Å². The predicted octanol–water partition coefficient (Wildman–Crippen LogP) is 5.84. The van der Waals surface area contributed by atoms with Crippen molar-refractivity contribution in [2.75, 3.05) is 25.0 Å². The van der Waals surface area contributed by atoms with E-state index >= 15 is 0 Å². The SMILES string of the molecule is C=C.CC.CCC1(CCNC)CN(C(=O)C2CCCCC2)c2ccc(F)cc21. The number of nitrogens with one attached hydrogen (secondary N) is 1. The van der Waals surface area contributed by atoms with Gasteiger partial charge in [0.1, 0.15) is 5.82 Å². The monoisotopic (exact) mass is 390 g/mol. The Labute approximate surface area is 171 Å². The molecule has 0 bridgehead atoms. The van der Waals surface area contributed by atoms with Gasteiger partial charge in [0.05, 0.1) is 0 Å². The largest absolute Gasteiger partial charge is 0.320 e. The number of fused-ring (bicyclic) bond motifs is 1. The summed E-state index contributed by atoms with van der Waals surface area (Å²) in [6.45, 7) is 13.7. The van der Waals surface area contributed by atoms with Crippen LogP contribution in [0.1, 0.15) is 71.3 Å². The standard InChI is InChI=1S/C20H29FN2O.C2H6.C2H4/c1-3-20(11-12-22-2)14-23(18-10-9-16(21)13-17(18)20)19(24)15-7-5-4-6-8-15;2*1-2/h9-10,13,15,22H,3-8,11-12,14H2,1-2H3;1-2H3;1-2H2. The number of amides is 1. The molecule has 158 valence electrons. The van der Waals surface area contributed by atoms with Gasteiger partial charge < -0.3 is 10.2 Å². The first-order valence-electron chi connectivity index (χ1n) is 10.9. The van der Waals surface area contributed by atoms with Crippen molar-refractivity contribution in [3.63, 3.8) is 0 Å². The van der Waals surface area contributed by atoms with E-state index in [9.17, 15) is 9.18 Å². The molecule has 1 aliphatic heterocycles. The van der Waals surface area contributed by atoms with Crippen LogP contribution in [0.2, 0.25) is 0 Å². The molecule has 0 saturated heterocycles. The lowest BCUT2D eigenvalue weighted by molar-refractivity contribution is -0.123. The number of halogens is 1. The van der Waals surface area contributed by atoms with Crippen molar-refractivity contribution >= 4 is 11.6 Å². The molecule has 1 heterocycles. The molecule has 1 amide bonds. The molecule has 1 aliphatic carbocycles. The fraction of sp³-hybridized carbons (Fsp3) is 0.625. The Morgan fingerprint density at radius 3 is 2.46 bits per heavy atom. The summed E-state index contributed by atoms with van der Waals surface area (Å²) in [5.74, 6) is 0.193. The van der Waals surface area contributed by atoms with Crippen molar-refractivity contribution in [2.45, 2.75) is 71.1 Å². The summed E-state index contributed by atoms with van der Waals surface area (Å²) in [5, 5.41) is 3.21. The molecule has 0 spiro atoms. The fourth-order valence-corrected chi connectivity index (χ4v) is 4.47. The summed E-state index contributed by atoms with van der Waals surface area (Å²) in [5.41, 5.74) is 1.82. The third kappa shape index (κ3) is 5.22. The summed E-state index contributed by atoms with van der Waals surface area (Å²) in [6.07, 6.45) is 7.39. The summed E-state index contributed by atoms with van der Waals surface area (Å²) < 4.78 is 13.9. The highest BCUT2D eigenvalue weighted by atomic mass is 19.1. The quantitative estimate of drug-likeness (QED) is 0.641. The second kappa shape index (κ2) is 12.0. The molecule has 1 aromatic rings. The minimum absolute atomic E-state index is 0.134. The second-order valence-corrected chi connectivity index (χ2v) is 7.41. The number of nitrogens with zero attached hydrogens (tertiary/aromatic N) is 1. The lowest BCUT2D eigenvalue weighted by atomic mass is 9.77. The highest BCUT2D eigenvalue weighted by molar-refractivity contribution is 5.97. The van der Waals surface area contributed by atoms with Gasteiger partial charge >= 0.3 is 0 Å². The Morgan fingerprint density at radius 1 is 1.25 bits per heavy atom. The molecular formula is C24H39FN2O. The molecule has 1 fully saturated rings. The smallest absolute Gasteiger partial charge is 0.230 e. The normalized spacial score (nSPS) is 21.1. The Balaban J connectivity index is 0.000000921. The first-order chi connectivity index (χ1) is 13.6. The van der Waals surface area contributed by atoms with Gasteiger partial charge in [0.25, 0.3) is 0 Å². The topological polar surface area (TPSA) is 32.3 Å². The molecule has 1 unspecified atom stereocenters.